The number of ether oxygens (including phenoxy) is 1. The highest BCUT2D eigenvalue weighted by molar-refractivity contribution is 6.31. The summed E-state index contributed by atoms with van der Waals surface area (Å²) in [5, 5.41) is 13.6. The van der Waals surface area contributed by atoms with Crippen molar-refractivity contribution in [2.45, 2.75) is 93.9 Å². The van der Waals surface area contributed by atoms with Gasteiger partial charge in [0.1, 0.15) is 0 Å². The van der Waals surface area contributed by atoms with Gasteiger partial charge in [-0.15, -0.1) is 13.2 Å². The van der Waals surface area contributed by atoms with E-state index in [1.165, 1.54) is 6.42 Å². The van der Waals surface area contributed by atoms with Crippen molar-refractivity contribution >= 4 is 23.6 Å². The Morgan fingerprint density at radius 3 is 2.24 bits per heavy atom. The van der Waals surface area contributed by atoms with E-state index in [2.05, 4.69) is 45.0 Å². The molecular weight excluding hydrogens is 494 g/mol. The van der Waals surface area contributed by atoms with Crippen molar-refractivity contribution in [1.29, 1.82) is 0 Å². The molecule has 0 aliphatic heterocycles. The van der Waals surface area contributed by atoms with E-state index in [-0.39, 0.29) is 6.10 Å². The standard InChI is InChI=1S/C26H32ClNO3.C3H8.C2H6.C2H4/c1-16(2)31-25(26(29)30)14-21-11-10-17(3)23(13-21)15-28-20(6)18(4)12-22-8-7-9-24(27)19(22)5;1-3-2;2*1-2/h7-13,16,25,28H,6,14-15H2,1-5H3,(H,29,30);3H2,1-2H3;1-2H3;1-2H2/b18-12+;;;. The Kier molecular flexibility index (Phi) is 20.8. The fourth-order valence-corrected chi connectivity index (χ4v) is 3.40. The van der Waals surface area contributed by atoms with Gasteiger partial charge in [0.2, 0.25) is 0 Å². The molecule has 0 heterocycles. The first kappa shape index (κ1) is 37.3. The summed E-state index contributed by atoms with van der Waals surface area (Å²) in [4.78, 5) is 11.5. The summed E-state index contributed by atoms with van der Waals surface area (Å²) in [6.45, 7) is 28.7. The number of aryl methyl sites for hydroxylation is 1. The van der Waals surface area contributed by atoms with Gasteiger partial charge in [-0.1, -0.05) is 82.6 Å². The van der Waals surface area contributed by atoms with Crippen LogP contribution >= 0.6 is 11.6 Å². The molecule has 0 aliphatic rings. The zero-order valence-electron chi connectivity index (χ0n) is 25.1. The lowest BCUT2D eigenvalue weighted by molar-refractivity contribution is -0.153. The lowest BCUT2D eigenvalue weighted by Gasteiger charge is -2.18. The van der Waals surface area contributed by atoms with Crippen LogP contribution in [0.25, 0.3) is 6.08 Å². The molecule has 1 unspecified atom stereocenters. The van der Waals surface area contributed by atoms with Gasteiger partial charge < -0.3 is 15.2 Å². The number of hydrogen-bond donors (Lipinski definition) is 2. The number of carbonyl (C=O) groups is 1. The average molecular weight is 544 g/mol. The Morgan fingerprint density at radius 2 is 1.71 bits per heavy atom. The molecule has 0 bridgehead atoms. The van der Waals surface area contributed by atoms with Crippen LogP contribution in [-0.4, -0.2) is 23.3 Å². The molecule has 0 aromatic heterocycles. The summed E-state index contributed by atoms with van der Waals surface area (Å²) in [5.74, 6) is -0.945. The van der Waals surface area contributed by atoms with Crippen LogP contribution in [0.15, 0.2) is 67.4 Å². The average Bonchev–Trinajstić information content (AvgIpc) is 2.89. The van der Waals surface area contributed by atoms with Gasteiger partial charge in [-0.2, -0.15) is 0 Å². The Balaban J connectivity index is 0. The van der Waals surface area contributed by atoms with Gasteiger partial charge in [-0.3, -0.25) is 0 Å². The van der Waals surface area contributed by atoms with E-state index in [0.29, 0.717) is 13.0 Å². The van der Waals surface area contributed by atoms with E-state index >= 15 is 0 Å². The zero-order valence-corrected chi connectivity index (χ0v) is 25.8. The molecule has 1 atom stereocenters. The second-order valence-corrected chi connectivity index (χ2v) is 9.20. The molecular formula is C33H50ClNO3. The summed E-state index contributed by atoms with van der Waals surface area (Å²) in [5.41, 5.74) is 7.12. The molecule has 0 radical (unpaired) electrons. The predicted octanol–water partition coefficient (Wildman–Crippen LogP) is 9.33. The molecule has 0 saturated heterocycles. The number of hydrogen-bond acceptors (Lipinski definition) is 3. The minimum Gasteiger partial charge on any atom is -0.479 e. The molecule has 2 rings (SSSR count). The topological polar surface area (TPSA) is 58.6 Å². The normalized spacial score (nSPS) is 11.1. The van der Waals surface area contributed by atoms with E-state index in [4.69, 9.17) is 16.3 Å². The molecule has 0 aliphatic carbocycles. The molecule has 0 spiro atoms. The van der Waals surface area contributed by atoms with Crippen LogP contribution in [0.2, 0.25) is 5.02 Å². The maximum absolute atomic E-state index is 11.5. The number of rotatable bonds is 10. The number of carboxylic acids is 1. The van der Waals surface area contributed by atoms with Gasteiger partial charge >= 0.3 is 5.97 Å². The molecule has 4 nitrogen and oxygen atoms in total. The third-order valence-corrected chi connectivity index (χ3v) is 5.61. The molecule has 2 N–H and O–H groups in total. The minimum absolute atomic E-state index is 0.145. The maximum Gasteiger partial charge on any atom is 0.333 e. The highest BCUT2D eigenvalue weighted by Gasteiger charge is 2.20. The quantitative estimate of drug-likeness (QED) is 0.231. The Bertz CT molecular complexity index is 1010. The summed E-state index contributed by atoms with van der Waals surface area (Å²) in [7, 11) is 0. The SMILES string of the molecule is C=C.C=C(NCc1cc(CC(OC(C)C)C(=O)O)ccc1C)/C(C)=C/c1cccc(Cl)c1C.CC.CCC. The number of benzene rings is 2. The van der Waals surface area contributed by atoms with Gasteiger partial charge in [-0.25, -0.2) is 4.79 Å². The number of aliphatic carboxylic acids is 1. The summed E-state index contributed by atoms with van der Waals surface area (Å²) < 4.78 is 5.54. The number of carboxylic acid groups (broad SMARTS) is 1. The zero-order chi connectivity index (χ0) is 29.8. The van der Waals surface area contributed by atoms with Gasteiger partial charge in [-0.05, 0) is 80.2 Å². The van der Waals surface area contributed by atoms with Gasteiger partial charge in [0.25, 0.3) is 0 Å². The third-order valence-electron chi connectivity index (χ3n) is 5.20. The van der Waals surface area contributed by atoms with Crippen molar-refractivity contribution in [2.24, 2.45) is 0 Å². The predicted molar refractivity (Wildman–Crippen MR) is 167 cm³/mol. The summed E-state index contributed by atoms with van der Waals surface area (Å²) in [6.07, 6.45) is 2.65. The fourth-order valence-electron chi connectivity index (χ4n) is 3.22. The van der Waals surface area contributed by atoms with Crippen LogP contribution in [0.1, 0.15) is 82.7 Å². The first-order valence-electron chi connectivity index (χ1n) is 13.3. The van der Waals surface area contributed by atoms with E-state index in [1.807, 2.05) is 84.9 Å². The van der Waals surface area contributed by atoms with E-state index in [0.717, 1.165) is 44.1 Å². The lowest BCUT2D eigenvalue weighted by atomic mass is 10.0. The third kappa shape index (κ3) is 14.2. The molecule has 38 heavy (non-hydrogen) atoms. The van der Waals surface area contributed by atoms with E-state index in [1.54, 1.807) is 0 Å². The monoisotopic (exact) mass is 543 g/mol. The number of allylic oxidation sites excluding steroid dienone is 1. The van der Waals surface area contributed by atoms with E-state index < -0.39 is 12.1 Å². The lowest BCUT2D eigenvalue weighted by Crippen LogP contribution is -2.29. The Labute approximate surface area is 237 Å². The van der Waals surface area contributed by atoms with Crippen molar-refractivity contribution in [3.05, 3.63) is 100 Å². The minimum atomic E-state index is -0.945. The van der Waals surface area contributed by atoms with Gasteiger partial charge in [0.15, 0.2) is 6.10 Å². The first-order chi connectivity index (χ1) is 18.0. The summed E-state index contributed by atoms with van der Waals surface area (Å²) >= 11 is 6.22. The second-order valence-electron chi connectivity index (χ2n) is 8.80. The number of halogens is 1. The van der Waals surface area contributed by atoms with Crippen LogP contribution in [-0.2, 0) is 22.5 Å². The van der Waals surface area contributed by atoms with Crippen LogP contribution in [0.4, 0.5) is 0 Å². The highest BCUT2D eigenvalue weighted by atomic mass is 35.5. The van der Waals surface area contributed by atoms with Crippen LogP contribution < -0.4 is 5.32 Å². The van der Waals surface area contributed by atoms with Crippen molar-refractivity contribution in [3.8, 4) is 0 Å². The van der Waals surface area contributed by atoms with Crippen LogP contribution in [0, 0.1) is 13.8 Å². The smallest absolute Gasteiger partial charge is 0.333 e. The maximum atomic E-state index is 11.5. The fraction of sp³-hybridized carbons (Fsp3) is 0.424. The van der Waals surface area contributed by atoms with Gasteiger partial charge in [0.05, 0.1) is 6.10 Å². The van der Waals surface area contributed by atoms with Crippen molar-refractivity contribution < 1.29 is 14.6 Å². The molecule has 212 valence electrons. The largest absolute Gasteiger partial charge is 0.479 e. The highest BCUT2D eigenvalue weighted by Crippen LogP contribution is 2.22. The molecule has 2 aromatic rings. The van der Waals surface area contributed by atoms with Crippen molar-refractivity contribution in [3.63, 3.8) is 0 Å². The second kappa shape index (κ2) is 21.2. The Hall–Kier alpha value is -2.82. The van der Waals surface area contributed by atoms with Crippen molar-refractivity contribution in [1.82, 2.24) is 5.32 Å². The molecule has 0 saturated carbocycles. The van der Waals surface area contributed by atoms with E-state index in [9.17, 15) is 9.90 Å². The first-order valence-corrected chi connectivity index (χ1v) is 13.7. The van der Waals surface area contributed by atoms with Crippen LogP contribution in [0.3, 0.4) is 0 Å². The summed E-state index contributed by atoms with van der Waals surface area (Å²) in [6, 6.07) is 11.9. The van der Waals surface area contributed by atoms with Gasteiger partial charge in [0, 0.05) is 23.7 Å². The molecule has 0 amide bonds. The van der Waals surface area contributed by atoms with Crippen LogP contribution in [0.5, 0.6) is 0 Å². The van der Waals surface area contributed by atoms with Crippen molar-refractivity contribution in [2.75, 3.05) is 0 Å². The molecule has 2 aromatic carbocycles. The number of nitrogens with one attached hydrogen (secondary N) is 1. The molecule has 0 fully saturated rings. The molecule has 5 heteroatoms. The Morgan fingerprint density at radius 1 is 1.13 bits per heavy atom.